The molecule has 2 N–H and O–H groups in total. The average Bonchev–Trinajstić information content (AvgIpc) is 2.64. The molecule has 0 aliphatic carbocycles. The van der Waals surface area contributed by atoms with E-state index in [4.69, 9.17) is 11.6 Å². The summed E-state index contributed by atoms with van der Waals surface area (Å²) in [5.74, 6) is -0.304. The SMILES string of the molecule is Cc1[nH]c(=O)sc1C(=O)Nc1cccc(Cl)c1C. The van der Waals surface area contributed by atoms with E-state index in [1.807, 2.05) is 6.92 Å². The third-order valence-corrected chi connectivity index (χ3v) is 3.94. The number of nitrogens with one attached hydrogen (secondary N) is 2. The largest absolute Gasteiger partial charge is 0.321 e. The molecule has 1 amide bonds. The van der Waals surface area contributed by atoms with Crippen LogP contribution < -0.4 is 10.2 Å². The van der Waals surface area contributed by atoms with E-state index in [2.05, 4.69) is 10.3 Å². The van der Waals surface area contributed by atoms with Gasteiger partial charge in [0.2, 0.25) is 0 Å². The number of aryl methyl sites for hydroxylation is 1. The van der Waals surface area contributed by atoms with Crippen LogP contribution in [-0.4, -0.2) is 10.9 Å². The number of hydrogen-bond acceptors (Lipinski definition) is 3. The zero-order chi connectivity index (χ0) is 13.3. The predicted molar refractivity (Wildman–Crippen MR) is 73.8 cm³/mol. The molecule has 0 aliphatic heterocycles. The predicted octanol–water partition coefficient (Wildman–Crippen LogP) is 2.96. The number of carbonyl (C=O) groups is 1. The van der Waals surface area contributed by atoms with Gasteiger partial charge in [0.05, 0.1) is 0 Å². The maximum absolute atomic E-state index is 12.0. The molecule has 0 bridgehead atoms. The lowest BCUT2D eigenvalue weighted by Crippen LogP contribution is -2.12. The molecule has 1 aromatic heterocycles. The number of halogens is 1. The lowest BCUT2D eigenvalue weighted by Gasteiger charge is -2.08. The van der Waals surface area contributed by atoms with Crippen LogP contribution in [0.1, 0.15) is 20.9 Å². The molecule has 4 nitrogen and oxygen atoms in total. The van der Waals surface area contributed by atoms with Gasteiger partial charge in [0.25, 0.3) is 5.91 Å². The summed E-state index contributed by atoms with van der Waals surface area (Å²) >= 11 is 6.87. The number of rotatable bonds is 2. The average molecular weight is 283 g/mol. The van der Waals surface area contributed by atoms with Crippen molar-refractivity contribution < 1.29 is 4.79 Å². The van der Waals surface area contributed by atoms with Crippen molar-refractivity contribution in [3.63, 3.8) is 0 Å². The highest BCUT2D eigenvalue weighted by atomic mass is 35.5. The molecule has 2 aromatic rings. The molecule has 0 saturated heterocycles. The maximum Gasteiger partial charge on any atom is 0.305 e. The second-order valence-corrected chi connectivity index (χ2v) is 5.23. The minimum absolute atomic E-state index is 0.236. The quantitative estimate of drug-likeness (QED) is 0.889. The Bertz CT molecular complexity index is 660. The normalized spacial score (nSPS) is 10.4. The fourth-order valence-electron chi connectivity index (χ4n) is 1.54. The molecule has 0 radical (unpaired) electrons. The van der Waals surface area contributed by atoms with Crippen LogP contribution in [0.25, 0.3) is 0 Å². The maximum atomic E-state index is 12.0. The van der Waals surface area contributed by atoms with Crippen molar-refractivity contribution in [1.82, 2.24) is 4.98 Å². The van der Waals surface area contributed by atoms with E-state index in [9.17, 15) is 9.59 Å². The highest BCUT2D eigenvalue weighted by molar-refractivity contribution is 7.11. The van der Waals surface area contributed by atoms with Gasteiger partial charge in [-0.1, -0.05) is 29.0 Å². The highest BCUT2D eigenvalue weighted by Gasteiger charge is 2.14. The highest BCUT2D eigenvalue weighted by Crippen LogP contribution is 2.23. The number of amides is 1. The number of carbonyl (C=O) groups excluding carboxylic acids is 1. The molecule has 0 spiro atoms. The molecule has 0 saturated carbocycles. The van der Waals surface area contributed by atoms with Crippen LogP contribution in [0.3, 0.4) is 0 Å². The summed E-state index contributed by atoms with van der Waals surface area (Å²) in [4.78, 5) is 25.9. The van der Waals surface area contributed by atoms with Crippen molar-refractivity contribution in [2.24, 2.45) is 0 Å². The first-order valence-electron chi connectivity index (χ1n) is 5.25. The van der Waals surface area contributed by atoms with Gasteiger partial charge >= 0.3 is 4.87 Å². The Kier molecular flexibility index (Phi) is 3.54. The summed E-state index contributed by atoms with van der Waals surface area (Å²) in [6.45, 7) is 3.52. The van der Waals surface area contributed by atoms with Gasteiger partial charge in [0, 0.05) is 16.4 Å². The summed E-state index contributed by atoms with van der Waals surface area (Å²) in [6.07, 6.45) is 0. The van der Waals surface area contributed by atoms with E-state index >= 15 is 0 Å². The molecule has 94 valence electrons. The Morgan fingerprint density at radius 1 is 1.39 bits per heavy atom. The monoisotopic (exact) mass is 282 g/mol. The van der Waals surface area contributed by atoms with Crippen LogP contribution in [0.4, 0.5) is 5.69 Å². The lowest BCUT2D eigenvalue weighted by atomic mass is 10.2. The molecule has 6 heteroatoms. The lowest BCUT2D eigenvalue weighted by molar-refractivity contribution is 0.102. The zero-order valence-corrected chi connectivity index (χ0v) is 11.4. The first-order valence-corrected chi connectivity index (χ1v) is 6.44. The number of anilines is 1. The summed E-state index contributed by atoms with van der Waals surface area (Å²) in [6, 6.07) is 5.29. The summed E-state index contributed by atoms with van der Waals surface area (Å²) in [5.41, 5.74) is 2.02. The molecule has 0 unspecified atom stereocenters. The van der Waals surface area contributed by atoms with Gasteiger partial charge in [-0.25, -0.2) is 0 Å². The van der Waals surface area contributed by atoms with Gasteiger partial charge in [-0.3, -0.25) is 9.59 Å². The second-order valence-electron chi connectivity index (χ2n) is 3.84. The zero-order valence-electron chi connectivity index (χ0n) is 9.83. The van der Waals surface area contributed by atoms with Crippen molar-refractivity contribution in [1.29, 1.82) is 0 Å². The van der Waals surface area contributed by atoms with Crippen molar-refractivity contribution in [2.45, 2.75) is 13.8 Å². The number of H-pyrrole nitrogens is 1. The van der Waals surface area contributed by atoms with Crippen LogP contribution in [0, 0.1) is 13.8 Å². The van der Waals surface area contributed by atoms with E-state index < -0.39 is 0 Å². The number of hydrogen-bond donors (Lipinski definition) is 2. The Balaban J connectivity index is 2.30. The Labute approximate surface area is 113 Å². The van der Waals surface area contributed by atoms with Gasteiger partial charge in [-0.05, 0) is 31.5 Å². The molecule has 0 atom stereocenters. The minimum atomic E-state index is -0.304. The van der Waals surface area contributed by atoms with E-state index in [0.29, 0.717) is 21.3 Å². The van der Waals surface area contributed by atoms with Crippen molar-refractivity contribution in [2.75, 3.05) is 5.32 Å². The van der Waals surface area contributed by atoms with Crippen molar-refractivity contribution >= 4 is 34.5 Å². The third kappa shape index (κ3) is 2.47. The molecular weight excluding hydrogens is 272 g/mol. The fourth-order valence-corrected chi connectivity index (χ4v) is 2.46. The summed E-state index contributed by atoms with van der Waals surface area (Å²) < 4.78 is 0. The Hall–Kier alpha value is -1.59. The number of aromatic amines is 1. The molecule has 1 aromatic carbocycles. The van der Waals surface area contributed by atoms with Crippen molar-refractivity contribution in [3.8, 4) is 0 Å². The topological polar surface area (TPSA) is 62.0 Å². The standard InChI is InChI=1S/C12H11ClN2O2S/c1-6-8(13)4-3-5-9(6)15-11(16)10-7(2)14-12(17)18-10/h3-5H,1-2H3,(H,14,17)(H,15,16). The van der Waals surface area contributed by atoms with Gasteiger partial charge in [-0.15, -0.1) is 0 Å². The molecule has 0 aliphatic rings. The smallest absolute Gasteiger partial charge is 0.305 e. The van der Waals surface area contributed by atoms with Crippen LogP contribution in [0.5, 0.6) is 0 Å². The molecule has 1 heterocycles. The molecular formula is C12H11ClN2O2S. The van der Waals surface area contributed by atoms with Crippen LogP contribution >= 0.6 is 22.9 Å². The first-order chi connectivity index (χ1) is 8.49. The Morgan fingerprint density at radius 2 is 2.11 bits per heavy atom. The second kappa shape index (κ2) is 4.96. The van der Waals surface area contributed by atoms with E-state index in [1.54, 1.807) is 25.1 Å². The molecule has 18 heavy (non-hydrogen) atoms. The van der Waals surface area contributed by atoms with E-state index in [1.165, 1.54) is 0 Å². The Morgan fingerprint density at radius 3 is 2.72 bits per heavy atom. The van der Waals surface area contributed by atoms with E-state index in [0.717, 1.165) is 16.9 Å². The summed E-state index contributed by atoms with van der Waals surface area (Å²) in [7, 11) is 0. The summed E-state index contributed by atoms with van der Waals surface area (Å²) in [5, 5.41) is 3.34. The van der Waals surface area contributed by atoms with Gasteiger partial charge in [-0.2, -0.15) is 0 Å². The number of thiazole rings is 1. The first kappa shape index (κ1) is 12.9. The van der Waals surface area contributed by atoms with Gasteiger partial charge < -0.3 is 10.3 Å². The minimum Gasteiger partial charge on any atom is -0.321 e. The van der Waals surface area contributed by atoms with Crippen molar-refractivity contribution in [3.05, 3.63) is 49.0 Å². The van der Waals surface area contributed by atoms with E-state index in [-0.39, 0.29) is 10.8 Å². The molecule has 0 fully saturated rings. The number of benzene rings is 1. The third-order valence-electron chi connectivity index (χ3n) is 2.55. The fraction of sp³-hybridized carbons (Fsp3) is 0.167. The van der Waals surface area contributed by atoms with Crippen LogP contribution in [0.15, 0.2) is 23.0 Å². The van der Waals surface area contributed by atoms with Crippen LogP contribution in [0.2, 0.25) is 5.02 Å². The number of aromatic nitrogens is 1. The van der Waals surface area contributed by atoms with Gasteiger partial charge in [0.1, 0.15) is 4.88 Å². The molecule has 2 rings (SSSR count). The van der Waals surface area contributed by atoms with Gasteiger partial charge in [0.15, 0.2) is 0 Å². The van der Waals surface area contributed by atoms with Crippen LogP contribution in [-0.2, 0) is 0 Å².